The maximum absolute atomic E-state index is 12.8. The lowest BCUT2D eigenvalue weighted by Crippen LogP contribution is -2.34. The number of sulfonamides is 1. The number of likely N-dealkylation sites (N-methyl/N-ethyl adjacent to an activating group) is 1. The highest BCUT2D eigenvalue weighted by Crippen LogP contribution is 2.27. The maximum Gasteiger partial charge on any atom is 0.262 e. The van der Waals surface area contributed by atoms with E-state index in [1.165, 1.54) is 0 Å². The molecular formula is C26H31N3O4S. The Morgan fingerprint density at radius 2 is 1.68 bits per heavy atom. The lowest BCUT2D eigenvalue weighted by molar-refractivity contribution is 0.0941. The summed E-state index contributed by atoms with van der Waals surface area (Å²) in [5, 5.41) is 2.96. The standard InChI is InChI=1S/C26H31N3O4S/c1-18-10-11-19(2)25(16-18)34(31,32)28-21-14-12-20(13-15-21)26(30)27-17-23(29(3)4)22-8-6-7-9-24(22)33-5/h6-16,23,28H,17H2,1-5H3,(H,27,30)/t23-/m0/s1. The van der Waals surface area contributed by atoms with Gasteiger partial charge in [-0.2, -0.15) is 0 Å². The van der Waals surface area contributed by atoms with Crippen LogP contribution in [0.1, 0.15) is 33.1 Å². The Morgan fingerprint density at radius 3 is 2.32 bits per heavy atom. The number of carbonyl (C=O) groups excluding carboxylic acids is 1. The number of ether oxygens (including phenoxy) is 1. The zero-order chi connectivity index (χ0) is 24.9. The number of carbonyl (C=O) groups is 1. The average molecular weight is 482 g/mol. The molecule has 0 saturated heterocycles. The van der Waals surface area contributed by atoms with Crippen LogP contribution in [0.2, 0.25) is 0 Å². The fraction of sp³-hybridized carbons (Fsp3) is 0.269. The Hall–Kier alpha value is -3.36. The van der Waals surface area contributed by atoms with Crippen molar-refractivity contribution in [3.05, 3.63) is 89.0 Å². The lowest BCUT2D eigenvalue weighted by Gasteiger charge is -2.26. The Labute approximate surface area is 201 Å². The molecular weight excluding hydrogens is 450 g/mol. The fourth-order valence-corrected chi connectivity index (χ4v) is 5.09. The molecule has 0 bridgehead atoms. The number of nitrogens with zero attached hydrogens (tertiary/aromatic N) is 1. The fourth-order valence-electron chi connectivity index (χ4n) is 3.70. The quantitative estimate of drug-likeness (QED) is 0.480. The predicted molar refractivity (Wildman–Crippen MR) is 135 cm³/mol. The van der Waals surface area contributed by atoms with Gasteiger partial charge in [0.2, 0.25) is 0 Å². The molecule has 3 rings (SSSR count). The number of hydrogen-bond donors (Lipinski definition) is 2. The summed E-state index contributed by atoms with van der Waals surface area (Å²) in [6, 6.07) is 19.3. The number of hydrogen-bond acceptors (Lipinski definition) is 5. The molecule has 0 aliphatic carbocycles. The van der Waals surface area contributed by atoms with Gasteiger partial charge >= 0.3 is 0 Å². The van der Waals surface area contributed by atoms with Crippen molar-refractivity contribution in [2.45, 2.75) is 24.8 Å². The minimum absolute atomic E-state index is 0.0799. The average Bonchev–Trinajstić information content (AvgIpc) is 2.81. The van der Waals surface area contributed by atoms with Gasteiger partial charge < -0.3 is 15.0 Å². The van der Waals surface area contributed by atoms with Crippen molar-refractivity contribution in [3.8, 4) is 5.75 Å². The number of amides is 1. The van der Waals surface area contributed by atoms with E-state index in [2.05, 4.69) is 10.0 Å². The van der Waals surface area contributed by atoms with Gasteiger partial charge in [-0.15, -0.1) is 0 Å². The van der Waals surface area contributed by atoms with Gasteiger partial charge in [0.15, 0.2) is 0 Å². The van der Waals surface area contributed by atoms with Gasteiger partial charge in [-0.1, -0.05) is 30.3 Å². The molecule has 1 atom stereocenters. The molecule has 0 spiro atoms. The molecule has 8 heteroatoms. The van der Waals surface area contributed by atoms with Crippen molar-refractivity contribution >= 4 is 21.6 Å². The molecule has 3 aromatic carbocycles. The number of benzene rings is 3. The summed E-state index contributed by atoms with van der Waals surface area (Å²) >= 11 is 0. The van der Waals surface area contributed by atoms with Crippen molar-refractivity contribution in [3.63, 3.8) is 0 Å². The van der Waals surface area contributed by atoms with Crippen LogP contribution in [0, 0.1) is 13.8 Å². The van der Waals surface area contributed by atoms with Gasteiger partial charge in [-0.05, 0) is 75.5 Å². The number of rotatable bonds is 9. The minimum Gasteiger partial charge on any atom is -0.496 e. The summed E-state index contributed by atoms with van der Waals surface area (Å²) in [6.07, 6.45) is 0. The van der Waals surface area contributed by atoms with Crippen LogP contribution in [0.25, 0.3) is 0 Å². The normalized spacial score (nSPS) is 12.3. The van der Waals surface area contributed by atoms with Crippen LogP contribution in [0.4, 0.5) is 5.69 Å². The third-order valence-corrected chi connectivity index (χ3v) is 7.13. The molecule has 0 fully saturated rings. The Morgan fingerprint density at radius 1 is 1.00 bits per heavy atom. The highest BCUT2D eigenvalue weighted by molar-refractivity contribution is 7.92. The number of aryl methyl sites for hydroxylation is 2. The first-order valence-corrected chi connectivity index (χ1v) is 12.4. The molecule has 3 aromatic rings. The van der Waals surface area contributed by atoms with E-state index in [0.29, 0.717) is 23.4 Å². The van der Waals surface area contributed by atoms with Crippen molar-refractivity contribution in [1.29, 1.82) is 0 Å². The van der Waals surface area contributed by atoms with Crippen molar-refractivity contribution < 1.29 is 17.9 Å². The second-order valence-corrected chi connectivity index (χ2v) is 10.0. The van der Waals surface area contributed by atoms with E-state index in [1.54, 1.807) is 50.4 Å². The number of anilines is 1. The zero-order valence-electron chi connectivity index (χ0n) is 20.1. The van der Waals surface area contributed by atoms with E-state index in [4.69, 9.17) is 4.74 Å². The molecule has 2 N–H and O–H groups in total. The van der Waals surface area contributed by atoms with Crippen molar-refractivity contribution in [2.24, 2.45) is 0 Å². The minimum atomic E-state index is -3.74. The van der Waals surface area contributed by atoms with Crippen LogP contribution in [0.15, 0.2) is 71.6 Å². The zero-order valence-corrected chi connectivity index (χ0v) is 20.9. The van der Waals surface area contributed by atoms with Gasteiger partial charge in [-0.3, -0.25) is 9.52 Å². The molecule has 7 nitrogen and oxygen atoms in total. The molecule has 0 aliphatic heterocycles. The molecule has 34 heavy (non-hydrogen) atoms. The third kappa shape index (κ3) is 5.95. The van der Waals surface area contributed by atoms with Gasteiger partial charge in [0.05, 0.1) is 18.0 Å². The SMILES string of the molecule is COc1ccccc1[C@H](CNC(=O)c1ccc(NS(=O)(=O)c2cc(C)ccc2C)cc1)N(C)C. The maximum atomic E-state index is 12.8. The Balaban J connectivity index is 1.69. The lowest BCUT2D eigenvalue weighted by atomic mass is 10.0. The van der Waals surface area contributed by atoms with Crippen LogP contribution in [0.5, 0.6) is 5.75 Å². The molecule has 0 heterocycles. The number of methoxy groups -OCH3 is 1. The monoisotopic (exact) mass is 481 g/mol. The Kier molecular flexibility index (Phi) is 7.96. The summed E-state index contributed by atoms with van der Waals surface area (Å²) in [7, 11) is 1.78. The van der Waals surface area contributed by atoms with Gasteiger partial charge in [0, 0.05) is 23.4 Å². The molecule has 0 unspecified atom stereocenters. The van der Waals surface area contributed by atoms with E-state index in [-0.39, 0.29) is 16.8 Å². The van der Waals surface area contributed by atoms with Gasteiger partial charge in [0.1, 0.15) is 5.75 Å². The molecule has 180 valence electrons. The summed E-state index contributed by atoms with van der Waals surface area (Å²) < 4.78 is 33.7. The third-order valence-electron chi connectivity index (χ3n) is 5.61. The second kappa shape index (κ2) is 10.7. The Bertz CT molecular complexity index is 1260. The number of nitrogens with one attached hydrogen (secondary N) is 2. The second-order valence-electron chi connectivity index (χ2n) is 8.38. The van der Waals surface area contributed by atoms with Crippen LogP contribution in [-0.2, 0) is 10.0 Å². The smallest absolute Gasteiger partial charge is 0.262 e. The highest BCUT2D eigenvalue weighted by Gasteiger charge is 2.20. The van der Waals surface area contributed by atoms with Crippen LogP contribution in [-0.4, -0.2) is 47.0 Å². The van der Waals surface area contributed by atoms with E-state index in [9.17, 15) is 13.2 Å². The van der Waals surface area contributed by atoms with Crippen LogP contribution < -0.4 is 14.8 Å². The molecule has 0 aliphatic rings. The van der Waals surface area contributed by atoms with Crippen molar-refractivity contribution in [2.75, 3.05) is 32.5 Å². The first-order chi connectivity index (χ1) is 16.1. The van der Waals surface area contributed by atoms with Crippen LogP contribution >= 0.6 is 0 Å². The topological polar surface area (TPSA) is 87.7 Å². The number of para-hydroxylation sites is 1. The van der Waals surface area contributed by atoms with Crippen LogP contribution in [0.3, 0.4) is 0 Å². The summed E-state index contributed by atoms with van der Waals surface area (Å²) in [5.41, 5.74) is 3.33. The van der Waals surface area contributed by atoms with E-state index >= 15 is 0 Å². The molecule has 0 saturated carbocycles. The van der Waals surface area contributed by atoms with E-state index in [0.717, 1.165) is 16.9 Å². The summed E-state index contributed by atoms with van der Waals surface area (Å²) in [4.78, 5) is 15.0. The summed E-state index contributed by atoms with van der Waals surface area (Å²) in [6.45, 7) is 3.99. The summed E-state index contributed by atoms with van der Waals surface area (Å²) in [5.74, 6) is 0.515. The first-order valence-electron chi connectivity index (χ1n) is 10.9. The van der Waals surface area contributed by atoms with E-state index < -0.39 is 10.0 Å². The molecule has 1 amide bonds. The van der Waals surface area contributed by atoms with Gasteiger partial charge in [0.25, 0.3) is 15.9 Å². The predicted octanol–water partition coefficient (Wildman–Crippen LogP) is 4.15. The van der Waals surface area contributed by atoms with Gasteiger partial charge in [-0.25, -0.2) is 8.42 Å². The van der Waals surface area contributed by atoms with E-state index in [1.807, 2.05) is 56.3 Å². The molecule has 0 aromatic heterocycles. The first kappa shape index (κ1) is 25.3. The van der Waals surface area contributed by atoms with Crippen molar-refractivity contribution in [1.82, 2.24) is 10.2 Å². The largest absolute Gasteiger partial charge is 0.496 e. The molecule has 0 radical (unpaired) electrons. The highest BCUT2D eigenvalue weighted by atomic mass is 32.2.